The van der Waals surface area contributed by atoms with Crippen LogP contribution in [-0.2, 0) is 16.4 Å². The number of halogens is 1. The van der Waals surface area contributed by atoms with Gasteiger partial charge in [-0.05, 0) is 30.7 Å². The van der Waals surface area contributed by atoms with E-state index in [0.29, 0.717) is 13.1 Å². The standard InChI is InChI=1S/C14H21BrN2O2S/c1-2-5-16-11-12-3-4-13(10-14(12)15)17-6-8-20(18,19)9-7-17/h3-4,10,16H,2,5-9,11H2,1H3. The summed E-state index contributed by atoms with van der Waals surface area (Å²) in [6.07, 6.45) is 1.12. The zero-order chi connectivity index (χ0) is 14.6. The molecule has 1 aromatic carbocycles. The van der Waals surface area contributed by atoms with Crippen LogP contribution in [0.25, 0.3) is 0 Å². The van der Waals surface area contributed by atoms with Crippen molar-refractivity contribution in [3.63, 3.8) is 0 Å². The average Bonchev–Trinajstić information content (AvgIpc) is 2.41. The molecular formula is C14H21BrN2O2S. The molecule has 0 aromatic heterocycles. The van der Waals surface area contributed by atoms with Crippen LogP contribution in [-0.4, -0.2) is 39.6 Å². The second-order valence-electron chi connectivity index (χ2n) is 5.09. The number of hydrogen-bond acceptors (Lipinski definition) is 4. The Morgan fingerprint density at radius 3 is 2.60 bits per heavy atom. The molecule has 1 heterocycles. The van der Waals surface area contributed by atoms with Crippen LogP contribution in [0, 0.1) is 0 Å². The fourth-order valence-corrected chi connectivity index (χ4v) is 3.95. The number of nitrogens with one attached hydrogen (secondary N) is 1. The highest BCUT2D eigenvalue weighted by Crippen LogP contribution is 2.25. The second kappa shape index (κ2) is 6.91. The molecule has 2 rings (SSSR count). The maximum atomic E-state index is 11.5. The lowest BCUT2D eigenvalue weighted by molar-refractivity contribution is 0.587. The minimum Gasteiger partial charge on any atom is -0.369 e. The average molecular weight is 361 g/mol. The molecule has 0 unspecified atom stereocenters. The van der Waals surface area contributed by atoms with Gasteiger partial charge in [-0.2, -0.15) is 0 Å². The summed E-state index contributed by atoms with van der Waals surface area (Å²) in [5.41, 5.74) is 2.32. The highest BCUT2D eigenvalue weighted by Gasteiger charge is 2.21. The Balaban J connectivity index is 2.02. The Hall–Kier alpha value is -0.590. The van der Waals surface area contributed by atoms with Crippen molar-refractivity contribution in [3.8, 4) is 0 Å². The molecule has 0 spiro atoms. The van der Waals surface area contributed by atoms with Gasteiger partial charge < -0.3 is 10.2 Å². The van der Waals surface area contributed by atoms with Gasteiger partial charge in [0.05, 0.1) is 11.5 Å². The molecule has 0 saturated carbocycles. The molecule has 20 heavy (non-hydrogen) atoms. The summed E-state index contributed by atoms with van der Waals surface area (Å²) in [4.78, 5) is 2.13. The fourth-order valence-electron chi connectivity index (χ4n) is 2.25. The first kappa shape index (κ1) is 15.8. The summed E-state index contributed by atoms with van der Waals surface area (Å²) in [7, 11) is -2.82. The highest BCUT2D eigenvalue weighted by molar-refractivity contribution is 9.10. The maximum Gasteiger partial charge on any atom is 0.153 e. The summed E-state index contributed by atoms with van der Waals surface area (Å²) in [6, 6.07) is 6.26. The van der Waals surface area contributed by atoms with Gasteiger partial charge in [0, 0.05) is 29.8 Å². The van der Waals surface area contributed by atoms with Crippen LogP contribution >= 0.6 is 15.9 Å². The van der Waals surface area contributed by atoms with Crippen LogP contribution in [0.5, 0.6) is 0 Å². The Labute approximate surface area is 129 Å². The number of benzene rings is 1. The third kappa shape index (κ3) is 4.20. The number of anilines is 1. The molecule has 1 aliphatic heterocycles. The third-order valence-corrected chi connectivity index (χ3v) is 5.84. The zero-order valence-electron chi connectivity index (χ0n) is 11.7. The summed E-state index contributed by atoms with van der Waals surface area (Å²) in [5, 5.41) is 3.38. The van der Waals surface area contributed by atoms with E-state index in [1.54, 1.807) is 0 Å². The Bertz CT molecular complexity index is 546. The molecule has 1 aliphatic rings. The van der Waals surface area contributed by atoms with E-state index < -0.39 is 9.84 Å². The normalized spacial score (nSPS) is 18.2. The summed E-state index contributed by atoms with van der Waals surface area (Å²) < 4.78 is 24.0. The van der Waals surface area contributed by atoms with Gasteiger partial charge in [0.15, 0.2) is 9.84 Å². The maximum absolute atomic E-state index is 11.5. The predicted molar refractivity (Wildman–Crippen MR) is 87.0 cm³/mol. The van der Waals surface area contributed by atoms with Gasteiger partial charge in [-0.3, -0.25) is 0 Å². The Morgan fingerprint density at radius 2 is 2.00 bits per heavy atom. The molecule has 4 nitrogen and oxygen atoms in total. The van der Waals surface area contributed by atoms with Gasteiger partial charge in [-0.25, -0.2) is 8.42 Å². The highest BCUT2D eigenvalue weighted by atomic mass is 79.9. The van der Waals surface area contributed by atoms with E-state index in [4.69, 9.17) is 0 Å². The van der Waals surface area contributed by atoms with Gasteiger partial charge in [-0.15, -0.1) is 0 Å². The number of nitrogens with zero attached hydrogens (tertiary/aromatic N) is 1. The van der Waals surface area contributed by atoms with Crippen molar-refractivity contribution >= 4 is 31.5 Å². The number of sulfone groups is 1. The van der Waals surface area contributed by atoms with E-state index in [1.807, 2.05) is 0 Å². The molecular weight excluding hydrogens is 340 g/mol. The SMILES string of the molecule is CCCNCc1ccc(N2CCS(=O)(=O)CC2)cc1Br. The third-order valence-electron chi connectivity index (χ3n) is 3.49. The van der Waals surface area contributed by atoms with Gasteiger partial charge in [-0.1, -0.05) is 28.9 Å². The topological polar surface area (TPSA) is 49.4 Å². The minimum absolute atomic E-state index is 0.254. The summed E-state index contributed by atoms with van der Waals surface area (Å²) in [5.74, 6) is 0.509. The van der Waals surface area contributed by atoms with Crippen LogP contribution < -0.4 is 10.2 Å². The van der Waals surface area contributed by atoms with Crippen molar-refractivity contribution in [2.75, 3.05) is 36.0 Å². The van der Waals surface area contributed by atoms with E-state index in [2.05, 4.69) is 51.3 Å². The van der Waals surface area contributed by atoms with Gasteiger partial charge in [0.1, 0.15) is 0 Å². The molecule has 1 fully saturated rings. The first-order valence-corrected chi connectivity index (χ1v) is 9.58. The quantitative estimate of drug-likeness (QED) is 0.817. The van der Waals surface area contributed by atoms with E-state index >= 15 is 0 Å². The number of hydrogen-bond donors (Lipinski definition) is 1. The van der Waals surface area contributed by atoms with Crippen LogP contribution in [0.2, 0.25) is 0 Å². The summed E-state index contributed by atoms with van der Waals surface area (Å²) in [6.45, 7) is 5.18. The van der Waals surface area contributed by atoms with Crippen LogP contribution in [0.4, 0.5) is 5.69 Å². The molecule has 1 aromatic rings. The van der Waals surface area contributed by atoms with Crippen LogP contribution in [0.3, 0.4) is 0 Å². The van der Waals surface area contributed by atoms with Crippen molar-refractivity contribution in [2.24, 2.45) is 0 Å². The van der Waals surface area contributed by atoms with Gasteiger partial charge in [0.2, 0.25) is 0 Å². The monoisotopic (exact) mass is 360 g/mol. The fraction of sp³-hybridized carbons (Fsp3) is 0.571. The molecule has 0 aliphatic carbocycles. The van der Waals surface area contributed by atoms with E-state index in [9.17, 15) is 8.42 Å². The lowest BCUT2D eigenvalue weighted by Gasteiger charge is -2.29. The molecule has 0 atom stereocenters. The zero-order valence-corrected chi connectivity index (χ0v) is 14.1. The molecule has 0 radical (unpaired) electrons. The lowest BCUT2D eigenvalue weighted by atomic mass is 10.2. The lowest BCUT2D eigenvalue weighted by Crippen LogP contribution is -2.40. The first-order valence-electron chi connectivity index (χ1n) is 6.96. The van der Waals surface area contributed by atoms with Crippen molar-refractivity contribution in [3.05, 3.63) is 28.2 Å². The van der Waals surface area contributed by atoms with Crippen molar-refractivity contribution in [2.45, 2.75) is 19.9 Å². The van der Waals surface area contributed by atoms with Gasteiger partial charge in [0.25, 0.3) is 0 Å². The summed E-state index contributed by atoms with van der Waals surface area (Å²) >= 11 is 3.60. The van der Waals surface area contributed by atoms with Crippen molar-refractivity contribution < 1.29 is 8.42 Å². The molecule has 0 amide bonds. The minimum atomic E-state index is -2.82. The molecule has 6 heteroatoms. The van der Waals surface area contributed by atoms with E-state index in [1.165, 1.54) is 5.56 Å². The molecule has 1 saturated heterocycles. The Kier molecular flexibility index (Phi) is 5.46. The van der Waals surface area contributed by atoms with Crippen LogP contribution in [0.1, 0.15) is 18.9 Å². The van der Waals surface area contributed by atoms with E-state index in [0.717, 1.165) is 29.7 Å². The second-order valence-corrected chi connectivity index (χ2v) is 8.25. The van der Waals surface area contributed by atoms with E-state index in [-0.39, 0.29) is 11.5 Å². The largest absolute Gasteiger partial charge is 0.369 e. The van der Waals surface area contributed by atoms with Crippen molar-refractivity contribution in [1.29, 1.82) is 0 Å². The molecule has 1 N–H and O–H groups in total. The smallest absolute Gasteiger partial charge is 0.153 e. The molecule has 112 valence electrons. The number of rotatable bonds is 5. The van der Waals surface area contributed by atoms with Crippen molar-refractivity contribution in [1.82, 2.24) is 5.32 Å². The Morgan fingerprint density at radius 1 is 1.30 bits per heavy atom. The first-order chi connectivity index (χ1) is 9.52. The molecule has 0 bridgehead atoms. The van der Waals surface area contributed by atoms with Gasteiger partial charge >= 0.3 is 0 Å². The van der Waals surface area contributed by atoms with Crippen LogP contribution in [0.15, 0.2) is 22.7 Å². The predicted octanol–water partition coefficient (Wildman–Crippen LogP) is 2.18.